The molecule has 3 aromatic rings. The highest BCUT2D eigenvalue weighted by Crippen LogP contribution is 2.41. The molecule has 1 aromatic carbocycles. The predicted octanol–water partition coefficient (Wildman–Crippen LogP) is 5.22. The summed E-state index contributed by atoms with van der Waals surface area (Å²) in [5.74, 6) is 1.87. The summed E-state index contributed by atoms with van der Waals surface area (Å²) in [6, 6.07) is 4.89. The van der Waals surface area contributed by atoms with Gasteiger partial charge in [-0.3, -0.25) is 4.68 Å². The number of nitrogens with zero attached hydrogens (tertiary/aromatic N) is 4. The number of hydrogen-bond donors (Lipinski definition) is 4. The Kier molecular flexibility index (Phi) is 9.79. The molecule has 2 heterocycles. The fraction of sp³-hybridized carbons (Fsp3) is 0.567. The van der Waals surface area contributed by atoms with Gasteiger partial charge < -0.3 is 26.0 Å². The Morgan fingerprint density at radius 1 is 1.07 bits per heavy atom. The summed E-state index contributed by atoms with van der Waals surface area (Å²) >= 11 is 6.45. The largest absolute Gasteiger partial charge is 0.488 e. The SMILES string of the molecule is CNCCN[C@H]1CC[C@H](c2cc(OC3CC3)c(Nc3ncc(Cl)c(Nc4cn(C)nc4S(=O)(=O)C(C)C)n3)cc2C)CC1. The van der Waals surface area contributed by atoms with Crippen LogP contribution in [0.1, 0.15) is 69.4 Å². The van der Waals surface area contributed by atoms with Crippen molar-refractivity contribution in [1.29, 1.82) is 0 Å². The number of rotatable bonds is 13. The fourth-order valence-corrected chi connectivity index (χ4v) is 6.70. The molecule has 0 atom stereocenters. The van der Waals surface area contributed by atoms with Gasteiger partial charge in [0.15, 0.2) is 5.82 Å². The fourth-order valence-electron chi connectivity index (χ4n) is 5.46. The van der Waals surface area contributed by atoms with Gasteiger partial charge in [-0.05, 0) is 95.5 Å². The highest BCUT2D eigenvalue weighted by atomic mass is 35.5. The van der Waals surface area contributed by atoms with Crippen LogP contribution in [-0.4, -0.2) is 65.7 Å². The molecule has 2 aromatic heterocycles. The molecule has 0 radical (unpaired) electrons. The maximum Gasteiger partial charge on any atom is 0.229 e. The van der Waals surface area contributed by atoms with Crippen LogP contribution in [-0.2, 0) is 16.9 Å². The Bertz CT molecular complexity index is 1530. The van der Waals surface area contributed by atoms with Crippen LogP contribution in [0.2, 0.25) is 5.02 Å². The van der Waals surface area contributed by atoms with Gasteiger partial charge in [0.1, 0.15) is 10.8 Å². The monoisotopic (exact) mass is 630 g/mol. The number of sulfone groups is 1. The van der Waals surface area contributed by atoms with Crippen molar-refractivity contribution in [3.63, 3.8) is 0 Å². The number of halogens is 1. The van der Waals surface area contributed by atoms with Gasteiger partial charge >= 0.3 is 0 Å². The molecule has 5 rings (SSSR count). The normalized spacial score (nSPS) is 19.0. The van der Waals surface area contributed by atoms with E-state index in [0.717, 1.165) is 63.1 Å². The molecule has 2 aliphatic rings. The molecule has 2 fully saturated rings. The topological polar surface area (TPSA) is 135 Å². The number of anilines is 4. The van der Waals surface area contributed by atoms with E-state index < -0.39 is 15.1 Å². The molecular formula is C30H43ClN8O3S. The van der Waals surface area contributed by atoms with Gasteiger partial charge in [-0.15, -0.1) is 0 Å². The number of benzene rings is 1. The van der Waals surface area contributed by atoms with Gasteiger partial charge in [-0.1, -0.05) is 11.6 Å². The quantitative estimate of drug-likeness (QED) is 0.186. The minimum atomic E-state index is -3.64. The Hall–Kier alpha value is -2.93. The van der Waals surface area contributed by atoms with E-state index in [9.17, 15) is 8.42 Å². The van der Waals surface area contributed by atoms with Crippen LogP contribution in [0.5, 0.6) is 5.75 Å². The number of aryl methyl sites for hydroxylation is 2. The highest BCUT2D eigenvalue weighted by Gasteiger charge is 2.29. The van der Waals surface area contributed by atoms with Crippen LogP contribution < -0.4 is 26.0 Å². The third-order valence-electron chi connectivity index (χ3n) is 8.09. The summed E-state index contributed by atoms with van der Waals surface area (Å²) < 4.78 is 33.6. The second-order valence-corrected chi connectivity index (χ2v) is 14.7. The Balaban J connectivity index is 1.36. The van der Waals surface area contributed by atoms with Crippen LogP contribution in [0.15, 0.2) is 29.6 Å². The van der Waals surface area contributed by atoms with Crippen LogP contribution in [0.25, 0.3) is 0 Å². The Morgan fingerprint density at radius 2 is 1.81 bits per heavy atom. The van der Waals surface area contributed by atoms with Crippen LogP contribution in [0.3, 0.4) is 0 Å². The smallest absolute Gasteiger partial charge is 0.229 e. The molecule has 13 heteroatoms. The van der Waals surface area contributed by atoms with E-state index >= 15 is 0 Å². The lowest BCUT2D eigenvalue weighted by Crippen LogP contribution is -2.36. The summed E-state index contributed by atoms with van der Waals surface area (Å²) in [6.45, 7) is 7.37. The summed E-state index contributed by atoms with van der Waals surface area (Å²) in [7, 11) is 0.0138. The van der Waals surface area contributed by atoms with E-state index in [2.05, 4.69) is 55.4 Å². The number of likely N-dealkylation sites (N-methyl/N-ethyl adjacent to an activating group) is 1. The zero-order valence-electron chi connectivity index (χ0n) is 25.6. The van der Waals surface area contributed by atoms with Gasteiger partial charge in [0.05, 0.1) is 28.9 Å². The molecule has 4 N–H and O–H groups in total. The Labute approximate surface area is 259 Å². The first-order chi connectivity index (χ1) is 20.5. The van der Waals surface area contributed by atoms with Crippen molar-refractivity contribution in [2.75, 3.05) is 30.8 Å². The van der Waals surface area contributed by atoms with Gasteiger partial charge in [0.25, 0.3) is 0 Å². The first kappa shape index (κ1) is 31.5. The average Bonchev–Trinajstić information content (AvgIpc) is 3.71. The molecule has 0 unspecified atom stereocenters. The lowest BCUT2D eigenvalue weighted by Gasteiger charge is -2.31. The van der Waals surface area contributed by atoms with Crippen LogP contribution in [0.4, 0.5) is 23.1 Å². The van der Waals surface area contributed by atoms with E-state index in [4.69, 9.17) is 16.3 Å². The van der Waals surface area contributed by atoms with Crippen molar-refractivity contribution in [3.8, 4) is 5.75 Å². The molecular weight excluding hydrogens is 588 g/mol. The van der Waals surface area contributed by atoms with Crippen molar-refractivity contribution in [2.45, 2.75) is 87.6 Å². The molecule has 2 saturated carbocycles. The van der Waals surface area contributed by atoms with E-state index in [1.807, 2.05) is 7.05 Å². The Morgan fingerprint density at radius 3 is 2.49 bits per heavy atom. The van der Waals surface area contributed by atoms with Crippen molar-refractivity contribution in [2.24, 2.45) is 7.05 Å². The standard InChI is InChI=1S/C30H43ClN8O3S/c1-18(2)43(40,41)29-26(17-39(5)38-29)35-28-24(31)16-34-30(37-28)36-25-14-19(3)23(15-27(25)42-22-10-11-22)20-6-8-21(9-7-20)33-13-12-32-4/h14-18,20-22,32-33H,6-13H2,1-5H3,(H2,34,35,36,37)/t20-,21-. The molecule has 0 aliphatic heterocycles. The van der Waals surface area contributed by atoms with Crippen LogP contribution >= 0.6 is 11.6 Å². The number of hydrogen-bond acceptors (Lipinski definition) is 10. The van der Waals surface area contributed by atoms with Crippen molar-refractivity contribution >= 4 is 44.6 Å². The molecule has 43 heavy (non-hydrogen) atoms. The first-order valence-corrected chi connectivity index (χ1v) is 17.0. The number of aromatic nitrogens is 4. The van der Waals surface area contributed by atoms with E-state index in [0.29, 0.717) is 23.6 Å². The highest BCUT2D eigenvalue weighted by molar-refractivity contribution is 7.92. The lowest BCUT2D eigenvalue weighted by atomic mass is 9.80. The van der Waals surface area contributed by atoms with E-state index in [-0.39, 0.29) is 22.0 Å². The third kappa shape index (κ3) is 7.60. The molecule has 0 bridgehead atoms. The van der Waals surface area contributed by atoms with Gasteiger partial charge in [0.2, 0.25) is 20.8 Å². The summed E-state index contributed by atoms with van der Waals surface area (Å²) in [5.41, 5.74) is 3.62. The van der Waals surface area contributed by atoms with E-state index in [1.54, 1.807) is 27.1 Å². The van der Waals surface area contributed by atoms with Gasteiger partial charge in [0, 0.05) is 32.4 Å². The second kappa shape index (κ2) is 13.4. The van der Waals surface area contributed by atoms with E-state index in [1.165, 1.54) is 22.0 Å². The van der Waals surface area contributed by atoms with Crippen molar-refractivity contribution in [3.05, 3.63) is 40.7 Å². The number of nitrogens with one attached hydrogen (secondary N) is 4. The molecule has 2 aliphatic carbocycles. The molecule has 0 spiro atoms. The maximum absolute atomic E-state index is 12.9. The van der Waals surface area contributed by atoms with Crippen molar-refractivity contribution < 1.29 is 13.2 Å². The number of ether oxygens (including phenoxy) is 1. The predicted molar refractivity (Wildman–Crippen MR) is 171 cm³/mol. The second-order valence-electron chi connectivity index (χ2n) is 11.9. The zero-order chi connectivity index (χ0) is 30.7. The maximum atomic E-state index is 12.9. The minimum Gasteiger partial charge on any atom is -0.488 e. The first-order valence-electron chi connectivity index (χ1n) is 15.1. The van der Waals surface area contributed by atoms with Crippen molar-refractivity contribution in [1.82, 2.24) is 30.4 Å². The summed E-state index contributed by atoms with van der Waals surface area (Å²) in [6.07, 6.45) is 10.0. The average molecular weight is 631 g/mol. The molecule has 0 saturated heterocycles. The summed E-state index contributed by atoms with van der Waals surface area (Å²) in [5, 5.41) is 17.0. The molecule has 11 nitrogen and oxygen atoms in total. The zero-order valence-corrected chi connectivity index (χ0v) is 27.1. The summed E-state index contributed by atoms with van der Waals surface area (Å²) in [4.78, 5) is 8.99. The van der Waals surface area contributed by atoms with Gasteiger partial charge in [-0.25, -0.2) is 13.4 Å². The van der Waals surface area contributed by atoms with Crippen LogP contribution in [0, 0.1) is 6.92 Å². The third-order valence-corrected chi connectivity index (χ3v) is 10.4. The lowest BCUT2D eigenvalue weighted by molar-refractivity contribution is 0.303. The molecule has 0 amide bonds. The van der Waals surface area contributed by atoms with Gasteiger partial charge in [-0.2, -0.15) is 10.1 Å². The minimum absolute atomic E-state index is 0.0525. The molecule has 234 valence electrons.